The maximum absolute atomic E-state index is 11.2. The molecule has 3 N–H and O–H groups in total. The van der Waals surface area contributed by atoms with Crippen LogP contribution in [0.15, 0.2) is 24.4 Å². The van der Waals surface area contributed by atoms with Crippen molar-refractivity contribution in [3.05, 3.63) is 30.0 Å². The quantitative estimate of drug-likeness (QED) is 0.790. The van der Waals surface area contributed by atoms with E-state index in [1.807, 2.05) is 25.3 Å². The van der Waals surface area contributed by atoms with E-state index in [-0.39, 0.29) is 5.91 Å². The lowest BCUT2D eigenvalue weighted by molar-refractivity contribution is -0.120. The highest BCUT2D eigenvalue weighted by molar-refractivity contribution is 5.91. The number of benzene rings is 1. The molecular formula is C15H19N3O3. The van der Waals surface area contributed by atoms with Gasteiger partial charge in [-0.25, -0.2) is 4.79 Å². The lowest BCUT2D eigenvalue weighted by atomic mass is 10.1. The minimum absolute atomic E-state index is 0.0443. The van der Waals surface area contributed by atoms with Crippen molar-refractivity contribution in [3.8, 4) is 0 Å². The van der Waals surface area contributed by atoms with Crippen molar-refractivity contribution in [2.24, 2.45) is 0 Å². The summed E-state index contributed by atoms with van der Waals surface area (Å²) in [6.07, 6.45) is 2.64. The van der Waals surface area contributed by atoms with Crippen LogP contribution in [0.4, 0.5) is 10.5 Å². The Labute approximate surface area is 122 Å². The second-order valence-corrected chi connectivity index (χ2v) is 4.64. The van der Waals surface area contributed by atoms with Gasteiger partial charge in [-0.2, -0.15) is 0 Å². The first kappa shape index (κ1) is 14.9. The molecule has 0 unspecified atom stereocenters. The minimum Gasteiger partial charge on any atom is -0.453 e. The van der Waals surface area contributed by atoms with Crippen LogP contribution in [0, 0.1) is 0 Å². The van der Waals surface area contributed by atoms with Gasteiger partial charge >= 0.3 is 6.09 Å². The minimum atomic E-state index is -0.498. The Kier molecular flexibility index (Phi) is 4.81. The molecule has 0 aliphatic heterocycles. The molecule has 0 saturated heterocycles. The van der Waals surface area contributed by atoms with Crippen molar-refractivity contribution < 1.29 is 14.3 Å². The van der Waals surface area contributed by atoms with Gasteiger partial charge < -0.3 is 15.0 Å². The van der Waals surface area contributed by atoms with Gasteiger partial charge in [0.15, 0.2) is 0 Å². The first-order valence-corrected chi connectivity index (χ1v) is 6.85. The van der Waals surface area contributed by atoms with Crippen molar-refractivity contribution in [1.29, 1.82) is 0 Å². The highest BCUT2D eigenvalue weighted by Crippen LogP contribution is 2.22. The Bertz CT molecular complexity index is 649. The van der Waals surface area contributed by atoms with Crippen LogP contribution in [0.1, 0.15) is 18.9 Å². The molecule has 2 aromatic rings. The van der Waals surface area contributed by atoms with E-state index in [2.05, 4.69) is 20.4 Å². The third kappa shape index (κ3) is 3.75. The van der Waals surface area contributed by atoms with Gasteiger partial charge in [0.2, 0.25) is 5.91 Å². The second-order valence-electron chi connectivity index (χ2n) is 4.64. The number of aromatic nitrogens is 1. The highest BCUT2D eigenvalue weighted by Gasteiger charge is 2.07. The third-order valence-electron chi connectivity index (χ3n) is 3.24. The summed E-state index contributed by atoms with van der Waals surface area (Å²) >= 11 is 0. The first-order chi connectivity index (χ1) is 10.1. The van der Waals surface area contributed by atoms with Crippen LogP contribution in [0.25, 0.3) is 10.9 Å². The fourth-order valence-electron chi connectivity index (χ4n) is 2.09. The third-order valence-corrected chi connectivity index (χ3v) is 3.24. The van der Waals surface area contributed by atoms with Gasteiger partial charge in [0.1, 0.15) is 0 Å². The number of hydrogen-bond donors (Lipinski definition) is 3. The van der Waals surface area contributed by atoms with Gasteiger partial charge in [0.05, 0.1) is 7.11 Å². The number of aromatic amines is 1. The lowest BCUT2D eigenvalue weighted by Gasteiger charge is -2.05. The second kappa shape index (κ2) is 6.78. The fraction of sp³-hybridized carbons (Fsp3) is 0.333. The zero-order valence-electron chi connectivity index (χ0n) is 12.2. The van der Waals surface area contributed by atoms with Gasteiger partial charge in [0.25, 0.3) is 0 Å². The number of nitrogens with one attached hydrogen (secondary N) is 3. The Morgan fingerprint density at radius 2 is 2.14 bits per heavy atom. The molecule has 6 heteroatoms. The number of ether oxygens (including phenoxy) is 1. The van der Waals surface area contributed by atoms with E-state index < -0.39 is 6.09 Å². The Morgan fingerprint density at radius 3 is 2.86 bits per heavy atom. The molecule has 0 aliphatic carbocycles. The molecule has 2 rings (SSSR count). The molecule has 2 amide bonds. The van der Waals surface area contributed by atoms with E-state index >= 15 is 0 Å². The topological polar surface area (TPSA) is 83.2 Å². The summed E-state index contributed by atoms with van der Waals surface area (Å²) in [4.78, 5) is 25.6. The predicted octanol–water partition coefficient (Wildman–Crippen LogP) is 2.41. The van der Waals surface area contributed by atoms with Crippen LogP contribution in [-0.4, -0.2) is 30.6 Å². The molecule has 0 bridgehead atoms. The van der Waals surface area contributed by atoms with Crippen LogP contribution in [0.5, 0.6) is 0 Å². The van der Waals surface area contributed by atoms with E-state index in [0.717, 1.165) is 22.9 Å². The summed E-state index contributed by atoms with van der Waals surface area (Å²) in [5.74, 6) is 0.0443. The summed E-state index contributed by atoms with van der Waals surface area (Å²) in [6.45, 7) is 2.42. The average molecular weight is 289 g/mol. The number of rotatable bonds is 5. The molecule has 21 heavy (non-hydrogen) atoms. The molecular weight excluding hydrogens is 270 g/mol. The Morgan fingerprint density at radius 1 is 1.33 bits per heavy atom. The standard InChI is InChI=1S/C15H19N3O3/c1-3-14(19)16-7-6-10-9-17-13-5-4-11(8-12(10)13)18-15(20)21-2/h4-5,8-9,17H,3,6-7H2,1-2H3,(H,16,19)(H,18,20). The van der Waals surface area contributed by atoms with Gasteiger partial charge in [-0.05, 0) is 30.2 Å². The average Bonchev–Trinajstić information content (AvgIpc) is 2.89. The van der Waals surface area contributed by atoms with Crippen LogP contribution in [0.2, 0.25) is 0 Å². The number of hydrogen-bond acceptors (Lipinski definition) is 3. The Hall–Kier alpha value is -2.50. The van der Waals surface area contributed by atoms with Crippen molar-refractivity contribution >= 4 is 28.6 Å². The largest absolute Gasteiger partial charge is 0.453 e. The number of carbonyl (C=O) groups is 2. The van der Waals surface area contributed by atoms with Crippen LogP contribution < -0.4 is 10.6 Å². The Balaban J connectivity index is 2.11. The van der Waals surface area contributed by atoms with Crippen LogP contribution >= 0.6 is 0 Å². The normalized spacial score (nSPS) is 10.4. The summed E-state index contributed by atoms with van der Waals surface area (Å²) in [7, 11) is 1.33. The highest BCUT2D eigenvalue weighted by atomic mass is 16.5. The zero-order valence-corrected chi connectivity index (χ0v) is 12.2. The molecule has 0 aliphatic rings. The predicted molar refractivity (Wildman–Crippen MR) is 81.3 cm³/mol. The van der Waals surface area contributed by atoms with E-state index in [1.54, 1.807) is 6.07 Å². The molecule has 0 atom stereocenters. The molecule has 0 spiro atoms. The summed E-state index contributed by atoms with van der Waals surface area (Å²) < 4.78 is 4.58. The lowest BCUT2D eigenvalue weighted by Crippen LogP contribution is -2.24. The number of anilines is 1. The number of H-pyrrole nitrogens is 1. The number of amides is 2. The van der Waals surface area contributed by atoms with E-state index in [0.29, 0.717) is 18.7 Å². The maximum atomic E-state index is 11.2. The van der Waals surface area contributed by atoms with Crippen LogP contribution in [0.3, 0.4) is 0 Å². The summed E-state index contributed by atoms with van der Waals surface area (Å²) in [5.41, 5.74) is 2.75. The molecule has 1 heterocycles. The molecule has 1 aromatic carbocycles. The summed E-state index contributed by atoms with van der Waals surface area (Å²) in [6, 6.07) is 5.59. The monoisotopic (exact) mass is 289 g/mol. The van der Waals surface area contributed by atoms with Gasteiger partial charge in [0, 0.05) is 35.8 Å². The zero-order chi connectivity index (χ0) is 15.2. The molecule has 1 aromatic heterocycles. The molecule has 0 radical (unpaired) electrons. The smallest absolute Gasteiger partial charge is 0.411 e. The number of methoxy groups -OCH3 is 1. The summed E-state index contributed by atoms with van der Waals surface area (Å²) in [5, 5.41) is 6.51. The van der Waals surface area contributed by atoms with Crippen molar-refractivity contribution in [2.45, 2.75) is 19.8 Å². The van der Waals surface area contributed by atoms with Gasteiger partial charge in [-0.15, -0.1) is 0 Å². The SMILES string of the molecule is CCC(=O)NCCc1c[nH]c2ccc(NC(=O)OC)cc12. The first-order valence-electron chi connectivity index (χ1n) is 6.85. The molecule has 6 nitrogen and oxygen atoms in total. The molecule has 0 fully saturated rings. The van der Waals surface area contributed by atoms with E-state index in [4.69, 9.17) is 0 Å². The number of fused-ring (bicyclic) bond motifs is 1. The van der Waals surface area contributed by atoms with Crippen molar-refractivity contribution in [3.63, 3.8) is 0 Å². The van der Waals surface area contributed by atoms with Gasteiger partial charge in [-0.3, -0.25) is 10.1 Å². The van der Waals surface area contributed by atoms with E-state index in [1.165, 1.54) is 7.11 Å². The fourth-order valence-corrected chi connectivity index (χ4v) is 2.09. The van der Waals surface area contributed by atoms with Crippen molar-refractivity contribution in [1.82, 2.24) is 10.3 Å². The molecule has 0 saturated carbocycles. The van der Waals surface area contributed by atoms with E-state index in [9.17, 15) is 9.59 Å². The molecule has 112 valence electrons. The van der Waals surface area contributed by atoms with Crippen LogP contribution in [-0.2, 0) is 16.0 Å². The number of carbonyl (C=O) groups excluding carboxylic acids is 2. The van der Waals surface area contributed by atoms with Gasteiger partial charge in [-0.1, -0.05) is 6.92 Å². The maximum Gasteiger partial charge on any atom is 0.411 e. The van der Waals surface area contributed by atoms with Crippen molar-refractivity contribution in [2.75, 3.05) is 19.0 Å².